The van der Waals surface area contributed by atoms with E-state index >= 15 is 0 Å². The highest BCUT2D eigenvalue weighted by Gasteiger charge is 2.16. The average molecular weight is 401 g/mol. The Bertz CT molecular complexity index is 1190. The zero-order chi connectivity index (χ0) is 19.0. The van der Waals surface area contributed by atoms with E-state index < -0.39 is 10.8 Å². The Morgan fingerprint density at radius 2 is 2.04 bits per heavy atom. The lowest BCUT2D eigenvalue weighted by molar-refractivity contribution is -0.384. The van der Waals surface area contributed by atoms with Crippen molar-refractivity contribution >= 4 is 50.6 Å². The van der Waals surface area contributed by atoms with Crippen LogP contribution in [0, 0.1) is 10.1 Å². The van der Waals surface area contributed by atoms with Crippen molar-refractivity contribution in [2.75, 3.05) is 5.32 Å². The first-order valence-corrected chi connectivity index (χ1v) is 8.78. The third-order valence-electron chi connectivity index (χ3n) is 3.65. The number of halogens is 1. The number of non-ortho nitro benzene ring substituents is 1. The summed E-state index contributed by atoms with van der Waals surface area (Å²) in [6.45, 7) is 0. The van der Waals surface area contributed by atoms with Gasteiger partial charge in [0.25, 0.3) is 11.6 Å². The second kappa shape index (κ2) is 6.78. The minimum Gasteiger partial charge on any atom is -0.403 e. The lowest BCUT2D eigenvalue weighted by atomic mass is 10.2. The monoisotopic (exact) mass is 400 g/mol. The number of fused-ring (bicyclic) bond motifs is 1. The summed E-state index contributed by atoms with van der Waals surface area (Å²) in [4.78, 5) is 23.2. The van der Waals surface area contributed by atoms with Crippen molar-refractivity contribution in [1.82, 2.24) is 10.2 Å². The first-order valence-electron chi connectivity index (χ1n) is 7.58. The smallest absolute Gasteiger partial charge is 0.322 e. The number of nitrogens with one attached hydrogen (secondary N) is 1. The molecule has 0 radical (unpaired) electrons. The second-order valence-electron chi connectivity index (χ2n) is 5.47. The van der Waals surface area contributed by atoms with E-state index in [0.29, 0.717) is 20.8 Å². The van der Waals surface area contributed by atoms with Crippen molar-refractivity contribution in [2.45, 2.75) is 0 Å². The standard InChI is InChI=1S/C17H9ClN4O4S/c18-11-3-1-2-9(6-11)16-20-21-17(26-16)19-15(23)14-8-10-7-12(22(24)25)4-5-13(10)27-14/h1-8H,(H,19,21,23). The normalized spacial score (nSPS) is 10.9. The maximum atomic E-state index is 12.4. The maximum Gasteiger partial charge on any atom is 0.322 e. The minimum atomic E-state index is -0.480. The zero-order valence-corrected chi connectivity index (χ0v) is 15.0. The molecule has 0 atom stereocenters. The van der Waals surface area contributed by atoms with Crippen LogP contribution in [-0.4, -0.2) is 21.0 Å². The van der Waals surface area contributed by atoms with Gasteiger partial charge in [0.2, 0.25) is 5.89 Å². The largest absolute Gasteiger partial charge is 0.403 e. The van der Waals surface area contributed by atoms with Crippen LogP contribution in [0.4, 0.5) is 11.7 Å². The summed E-state index contributed by atoms with van der Waals surface area (Å²) < 4.78 is 6.20. The van der Waals surface area contributed by atoms with E-state index in [-0.39, 0.29) is 17.6 Å². The predicted molar refractivity (Wildman–Crippen MR) is 101 cm³/mol. The number of carbonyl (C=O) groups excluding carboxylic acids is 1. The fourth-order valence-electron chi connectivity index (χ4n) is 2.43. The first kappa shape index (κ1) is 17.1. The van der Waals surface area contributed by atoms with Gasteiger partial charge < -0.3 is 4.42 Å². The van der Waals surface area contributed by atoms with Gasteiger partial charge in [-0.2, -0.15) is 0 Å². The predicted octanol–water partition coefficient (Wildman–Crippen LogP) is 4.77. The molecule has 10 heteroatoms. The number of hydrogen-bond donors (Lipinski definition) is 1. The SMILES string of the molecule is O=C(Nc1nnc(-c2cccc(Cl)c2)o1)c1cc2cc([N+](=O)[O-])ccc2s1. The Morgan fingerprint density at radius 3 is 2.81 bits per heavy atom. The molecule has 0 aliphatic heterocycles. The number of aromatic nitrogens is 2. The summed E-state index contributed by atoms with van der Waals surface area (Å²) >= 11 is 7.14. The molecule has 8 nitrogen and oxygen atoms in total. The molecule has 2 aromatic carbocycles. The van der Waals surface area contributed by atoms with Gasteiger partial charge in [0.1, 0.15) is 0 Å². The van der Waals surface area contributed by atoms with Gasteiger partial charge in [-0.1, -0.05) is 22.8 Å². The third kappa shape index (κ3) is 3.50. The summed E-state index contributed by atoms with van der Waals surface area (Å²) in [5.41, 5.74) is 0.597. The zero-order valence-electron chi connectivity index (χ0n) is 13.4. The van der Waals surface area contributed by atoms with Crippen molar-refractivity contribution in [3.05, 3.63) is 68.5 Å². The van der Waals surface area contributed by atoms with E-state index in [4.69, 9.17) is 16.0 Å². The van der Waals surface area contributed by atoms with Crippen LogP contribution < -0.4 is 5.32 Å². The summed E-state index contributed by atoms with van der Waals surface area (Å²) in [6.07, 6.45) is 0. The summed E-state index contributed by atoms with van der Waals surface area (Å²) in [6, 6.07) is 12.8. The van der Waals surface area contributed by atoms with E-state index in [1.807, 2.05) is 0 Å². The Kier molecular flexibility index (Phi) is 4.30. The first-order chi connectivity index (χ1) is 13.0. The Morgan fingerprint density at radius 1 is 1.19 bits per heavy atom. The number of hydrogen-bond acceptors (Lipinski definition) is 7. The van der Waals surface area contributed by atoms with Crippen molar-refractivity contribution < 1.29 is 14.1 Å². The number of rotatable bonds is 4. The maximum absolute atomic E-state index is 12.4. The molecule has 2 aromatic heterocycles. The Balaban J connectivity index is 1.56. The average Bonchev–Trinajstić information content (AvgIpc) is 3.27. The molecular weight excluding hydrogens is 392 g/mol. The summed E-state index contributed by atoms with van der Waals surface area (Å²) in [7, 11) is 0. The quantitative estimate of drug-likeness (QED) is 0.390. The number of thiophene rings is 1. The van der Waals surface area contributed by atoms with Gasteiger partial charge in [-0.25, -0.2) is 0 Å². The van der Waals surface area contributed by atoms with Gasteiger partial charge in [0, 0.05) is 32.8 Å². The van der Waals surface area contributed by atoms with Crippen LogP contribution in [-0.2, 0) is 0 Å². The molecule has 1 N–H and O–H groups in total. The molecule has 0 fully saturated rings. The van der Waals surface area contributed by atoms with Crippen LogP contribution in [0.25, 0.3) is 21.5 Å². The van der Waals surface area contributed by atoms with Gasteiger partial charge in [-0.15, -0.1) is 16.4 Å². The lowest BCUT2D eigenvalue weighted by Gasteiger charge is -1.97. The van der Waals surface area contributed by atoms with Crippen LogP contribution in [0.5, 0.6) is 0 Å². The van der Waals surface area contributed by atoms with E-state index in [0.717, 1.165) is 4.70 Å². The van der Waals surface area contributed by atoms with Crippen LogP contribution >= 0.6 is 22.9 Å². The van der Waals surface area contributed by atoms with E-state index in [1.165, 1.54) is 23.5 Å². The number of nitro benzene ring substituents is 1. The fourth-order valence-corrected chi connectivity index (χ4v) is 3.56. The number of anilines is 1. The molecule has 0 unspecified atom stereocenters. The highest BCUT2D eigenvalue weighted by atomic mass is 35.5. The molecule has 0 spiro atoms. The molecular formula is C17H9ClN4O4S. The molecule has 4 rings (SSSR count). The van der Waals surface area contributed by atoms with Gasteiger partial charge in [0.05, 0.1) is 9.80 Å². The molecule has 4 aromatic rings. The van der Waals surface area contributed by atoms with Crippen molar-refractivity contribution in [2.24, 2.45) is 0 Å². The highest BCUT2D eigenvalue weighted by Crippen LogP contribution is 2.29. The van der Waals surface area contributed by atoms with Crippen molar-refractivity contribution in [1.29, 1.82) is 0 Å². The number of amides is 1. The van der Waals surface area contributed by atoms with Gasteiger partial charge in [0.15, 0.2) is 0 Å². The fraction of sp³-hybridized carbons (Fsp3) is 0. The molecule has 0 aliphatic carbocycles. The van der Waals surface area contributed by atoms with Crippen LogP contribution in [0.2, 0.25) is 5.02 Å². The van der Waals surface area contributed by atoms with Gasteiger partial charge in [-0.05, 0) is 30.3 Å². The Labute approximate surface area is 160 Å². The minimum absolute atomic E-state index is 0.0321. The van der Waals surface area contributed by atoms with Crippen molar-refractivity contribution in [3.63, 3.8) is 0 Å². The lowest BCUT2D eigenvalue weighted by Crippen LogP contribution is -2.10. The van der Waals surface area contributed by atoms with E-state index in [9.17, 15) is 14.9 Å². The van der Waals surface area contributed by atoms with E-state index in [2.05, 4.69) is 15.5 Å². The van der Waals surface area contributed by atoms with Crippen LogP contribution in [0.15, 0.2) is 52.9 Å². The molecule has 0 aliphatic rings. The van der Waals surface area contributed by atoms with Crippen LogP contribution in [0.1, 0.15) is 9.67 Å². The number of benzene rings is 2. The van der Waals surface area contributed by atoms with Crippen LogP contribution in [0.3, 0.4) is 0 Å². The molecule has 134 valence electrons. The third-order valence-corrected chi connectivity index (χ3v) is 5.00. The number of carbonyl (C=O) groups is 1. The van der Waals surface area contributed by atoms with Crippen molar-refractivity contribution in [3.8, 4) is 11.5 Å². The molecule has 1 amide bonds. The molecule has 2 heterocycles. The van der Waals surface area contributed by atoms with Gasteiger partial charge >= 0.3 is 6.01 Å². The number of nitro groups is 1. The van der Waals surface area contributed by atoms with E-state index in [1.54, 1.807) is 36.4 Å². The molecule has 0 saturated carbocycles. The molecule has 0 bridgehead atoms. The van der Waals surface area contributed by atoms with Gasteiger partial charge in [-0.3, -0.25) is 20.2 Å². The highest BCUT2D eigenvalue weighted by molar-refractivity contribution is 7.20. The Hall–Kier alpha value is -3.30. The second-order valence-corrected chi connectivity index (χ2v) is 6.99. The summed E-state index contributed by atoms with van der Waals surface area (Å²) in [5, 5.41) is 22.2. The number of nitrogens with zero attached hydrogens (tertiary/aromatic N) is 3. The molecule has 0 saturated heterocycles. The molecule has 27 heavy (non-hydrogen) atoms. The summed E-state index contributed by atoms with van der Waals surface area (Å²) in [5.74, 6) is -0.222. The topological polar surface area (TPSA) is 111 Å².